The SMILES string of the molecule is Cc1ccc(C(=O)NCCCS(=O)(=O)c2ccccc2)c(=O)[nH]1. The van der Waals surface area contributed by atoms with Crippen LogP contribution in [-0.2, 0) is 9.84 Å². The molecule has 0 saturated carbocycles. The summed E-state index contributed by atoms with van der Waals surface area (Å²) in [5.74, 6) is -0.579. The first kappa shape index (κ1) is 17.0. The number of aromatic amines is 1. The first-order valence-corrected chi connectivity index (χ1v) is 8.81. The van der Waals surface area contributed by atoms with Gasteiger partial charge in [0.15, 0.2) is 9.84 Å². The summed E-state index contributed by atoms with van der Waals surface area (Å²) in [6.07, 6.45) is 0.271. The summed E-state index contributed by atoms with van der Waals surface area (Å²) in [5.41, 5.74) is 0.224. The van der Waals surface area contributed by atoms with Gasteiger partial charge in [-0.1, -0.05) is 18.2 Å². The van der Waals surface area contributed by atoms with Crippen LogP contribution in [0.4, 0.5) is 0 Å². The van der Waals surface area contributed by atoms with Crippen molar-refractivity contribution in [1.82, 2.24) is 10.3 Å². The molecule has 0 spiro atoms. The highest BCUT2D eigenvalue weighted by atomic mass is 32.2. The number of nitrogens with one attached hydrogen (secondary N) is 2. The highest BCUT2D eigenvalue weighted by molar-refractivity contribution is 7.91. The lowest BCUT2D eigenvalue weighted by molar-refractivity contribution is 0.0952. The fourth-order valence-electron chi connectivity index (χ4n) is 2.06. The Morgan fingerprint density at radius 2 is 1.83 bits per heavy atom. The van der Waals surface area contributed by atoms with Gasteiger partial charge in [-0.3, -0.25) is 9.59 Å². The number of hydrogen-bond donors (Lipinski definition) is 2. The summed E-state index contributed by atoms with van der Waals surface area (Å²) in [5, 5.41) is 2.56. The Bertz CT molecular complexity index is 842. The largest absolute Gasteiger partial charge is 0.352 e. The number of sulfone groups is 1. The fourth-order valence-corrected chi connectivity index (χ4v) is 3.39. The van der Waals surface area contributed by atoms with E-state index in [0.717, 1.165) is 0 Å². The van der Waals surface area contributed by atoms with Crippen molar-refractivity contribution in [3.8, 4) is 0 Å². The molecule has 0 atom stereocenters. The lowest BCUT2D eigenvalue weighted by Gasteiger charge is -2.06. The van der Waals surface area contributed by atoms with Crippen molar-refractivity contribution < 1.29 is 13.2 Å². The monoisotopic (exact) mass is 334 g/mol. The molecule has 0 aliphatic heterocycles. The lowest BCUT2D eigenvalue weighted by atomic mass is 10.2. The number of aryl methyl sites for hydroxylation is 1. The average Bonchev–Trinajstić information content (AvgIpc) is 2.52. The van der Waals surface area contributed by atoms with Crippen molar-refractivity contribution in [1.29, 1.82) is 0 Å². The maximum Gasteiger partial charge on any atom is 0.260 e. The Labute approximate surface area is 134 Å². The number of carbonyl (C=O) groups excluding carboxylic acids is 1. The van der Waals surface area contributed by atoms with E-state index >= 15 is 0 Å². The van der Waals surface area contributed by atoms with Crippen LogP contribution in [0.2, 0.25) is 0 Å². The van der Waals surface area contributed by atoms with Gasteiger partial charge in [0.25, 0.3) is 11.5 Å². The van der Waals surface area contributed by atoms with Gasteiger partial charge in [-0.2, -0.15) is 0 Å². The summed E-state index contributed by atoms with van der Waals surface area (Å²) >= 11 is 0. The van der Waals surface area contributed by atoms with Crippen LogP contribution in [0.15, 0.2) is 52.2 Å². The van der Waals surface area contributed by atoms with Gasteiger partial charge in [0.2, 0.25) is 0 Å². The molecule has 2 rings (SSSR count). The van der Waals surface area contributed by atoms with E-state index < -0.39 is 21.3 Å². The Morgan fingerprint density at radius 1 is 1.13 bits per heavy atom. The van der Waals surface area contributed by atoms with Gasteiger partial charge in [-0.05, 0) is 37.6 Å². The molecular formula is C16H18N2O4S. The highest BCUT2D eigenvalue weighted by Crippen LogP contribution is 2.10. The van der Waals surface area contributed by atoms with Crippen LogP contribution < -0.4 is 10.9 Å². The van der Waals surface area contributed by atoms with Crippen LogP contribution >= 0.6 is 0 Å². The van der Waals surface area contributed by atoms with Crippen molar-refractivity contribution in [2.45, 2.75) is 18.2 Å². The van der Waals surface area contributed by atoms with E-state index in [4.69, 9.17) is 0 Å². The van der Waals surface area contributed by atoms with Crippen LogP contribution in [0.3, 0.4) is 0 Å². The number of pyridine rings is 1. The second-order valence-corrected chi connectivity index (χ2v) is 7.23. The standard InChI is InChI=1S/C16H18N2O4S/c1-12-8-9-14(16(20)18-12)15(19)17-10-5-11-23(21,22)13-6-3-2-4-7-13/h2-4,6-9H,5,10-11H2,1H3,(H,17,19)(H,18,20). The molecule has 1 amide bonds. The molecule has 0 bridgehead atoms. The fraction of sp³-hybridized carbons (Fsp3) is 0.250. The average molecular weight is 334 g/mol. The summed E-state index contributed by atoms with van der Waals surface area (Å²) in [7, 11) is -3.36. The van der Waals surface area contributed by atoms with Crippen molar-refractivity contribution in [2.75, 3.05) is 12.3 Å². The second-order valence-electron chi connectivity index (χ2n) is 5.13. The molecule has 122 valence electrons. The van der Waals surface area contributed by atoms with E-state index in [2.05, 4.69) is 10.3 Å². The molecule has 0 fully saturated rings. The molecule has 7 heteroatoms. The van der Waals surface area contributed by atoms with Crippen LogP contribution in [0.1, 0.15) is 22.5 Å². The van der Waals surface area contributed by atoms with Crippen LogP contribution in [-0.4, -0.2) is 31.6 Å². The molecule has 0 aliphatic rings. The van der Waals surface area contributed by atoms with E-state index in [1.165, 1.54) is 6.07 Å². The summed E-state index contributed by atoms with van der Waals surface area (Å²) < 4.78 is 24.1. The number of rotatable bonds is 6. The van der Waals surface area contributed by atoms with Crippen molar-refractivity contribution in [3.05, 3.63) is 64.1 Å². The molecule has 6 nitrogen and oxygen atoms in total. The molecule has 1 aromatic carbocycles. The quantitative estimate of drug-likeness (QED) is 0.778. The number of carbonyl (C=O) groups is 1. The first-order valence-electron chi connectivity index (χ1n) is 7.16. The predicted octanol–water partition coefficient (Wildman–Crippen LogP) is 1.28. The van der Waals surface area contributed by atoms with Gasteiger partial charge >= 0.3 is 0 Å². The van der Waals surface area contributed by atoms with Gasteiger partial charge < -0.3 is 10.3 Å². The number of aromatic nitrogens is 1. The minimum atomic E-state index is -3.36. The Balaban J connectivity index is 1.88. The zero-order chi connectivity index (χ0) is 16.9. The number of benzene rings is 1. The van der Waals surface area contributed by atoms with Gasteiger partial charge in [-0.25, -0.2) is 8.42 Å². The molecule has 1 aromatic heterocycles. The van der Waals surface area contributed by atoms with Gasteiger partial charge in [0.1, 0.15) is 5.56 Å². The number of H-pyrrole nitrogens is 1. The lowest BCUT2D eigenvalue weighted by Crippen LogP contribution is -2.31. The molecule has 0 saturated heterocycles. The van der Waals surface area contributed by atoms with Gasteiger partial charge in [-0.15, -0.1) is 0 Å². The van der Waals surface area contributed by atoms with Crippen LogP contribution in [0.25, 0.3) is 0 Å². The maximum absolute atomic E-state index is 12.1. The summed E-state index contributed by atoms with van der Waals surface area (Å²) in [6, 6.07) is 11.2. The first-order chi connectivity index (χ1) is 10.9. The molecule has 23 heavy (non-hydrogen) atoms. The van der Waals surface area contributed by atoms with Crippen LogP contribution in [0.5, 0.6) is 0 Å². The Kier molecular flexibility index (Phi) is 5.33. The minimum Gasteiger partial charge on any atom is -0.352 e. The Hall–Kier alpha value is -2.41. The predicted molar refractivity (Wildman–Crippen MR) is 87.2 cm³/mol. The summed E-state index contributed by atoms with van der Waals surface area (Å²) in [6.45, 7) is 1.90. The normalized spacial score (nSPS) is 11.2. The highest BCUT2D eigenvalue weighted by Gasteiger charge is 2.14. The maximum atomic E-state index is 12.1. The molecule has 2 aromatic rings. The van der Waals surface area contributed by atoms with Gasteiger partial charge in [0.05, 0.1) is 10.6 Å². The zero-order valence-electron chi connectivity index (χ0n) is 12.7. The van der Waals surface area contributed by atoms with Crippen molar-refractivity contribution >= 4 is 15.7 Å². The molecule has 0 radical (unpaired) electrons. The number of amides is 1. The third-order valence-corrected chi connectivity index (χ3v) is 5.09. The van der Waals surface area contributed by atoms with E-state index in [1.54, 1.807) is 43.3 Å². The smallest absolute Gasteiger partial charge is 0.260 e. The van der Waals surface area contributed by atoms with Gasteiger partial charge in [0, 0.05) is 12.2 Å². The molecule has 1 heterocycles. The summed E-state index contributed by atoms with van der Waals surface area (Å²) in [4.78, 5) is 26.3. The van der Waals surface area contributed by atoms with E-state index in [9.17, 15) is 18.0 Å². The van der Waals surface area contributed by atoms with E-state index in [1.807, 2.05) is 0 Å². The molecular weight excluding hydrogens is 316 g/mol. The zero-order valence-corrected chi connectivity index (χ0v) is 13.5. The van der Waals surface area contributed by atoms with E-state index in [-0.39, 0.29) is 29.2 Å². The minimum absolute atomic E-state index is 0.0153. The van der Waals surface area contributed by atoms with Crippen molar-refractivity contribution in [3.63, 3.8) is 0 Å². The third-order valence-electron chi connectivity index (χ3n) is 3.28. The molecule has 0 aliphatic carbocycles. The molecule has 0 unspecified atom stereocenters. The third kappa shape index (κ3) is 4.53. The Morgan fingerprint density at radius 3 is 2.48 bits per heavy atom. The number of hydrogen-bond acceptors (Lipinski definition) is 4. The second kappa shape index (κ2) is 7.23. The molecule has 2 N–H and O–H groups in total. The van der Waals surface area contributed by atoms with E-state index in [0.29, 0.717) is 5.69 Å². The topological polar surface area (TPSA) is 96.1 Å². The van der Waals surface area contributed by atoms with Crippen molar-refractivity contribution in [2.24, 2.45) is 0 Å². The van der Waals surface area contributed by atoms with Crippen LogP contribution in [0, 0.1) is 6.92 Å².